The van der Waals surface area contributed by atoms with Gasteiger partial charge in [-0.15, -0.1) is 0 Å². The predicted molar refractivity (Wildman–Crippen MR) is 84.3 cm³/mol. The number of nitrogens with two attached hydrogens (primary N) is 1. The van der Waals surface area contributed by atoms with Gasteiger partial charge in [0.25, 0.3) is 0 Å². The summed E-state index contributed by atoms with van der Waals surface area (Å²) in [4.78, 5) is 0.236. The molecule has 0 aliphatic carbocycles. The molecule has 1 aromatic carbocycles. The van der Waals surface area contributed by atoms with E-state index in [1.54, 1.807) is 12.1 Å². The second kappa shape index (κ2) is 5.61. The van der Waals surface area contributed by atoms with E-state index in [0.717, 1.165) is 0 Å². The third-order valence-corrected chi connectivity index (χ3v) is 5.29. The Hall–Kier alpha value is -1.27. The van der Waals surface area contributed by atoms with Crippen LogP contribution in [-0.2, 0) is 10.0 Å². The van der Waals surface area contributed by atoms with Crippen LogP contribution in [0.4, 0.5) is 11.4 Å². The molecule has 114 valence electrons. The van der Waals surface area contributed by atoms with Gasteiger partial charge in [0.1, 0.15) is 0 Å². The van der Waals surface area contributed by atoms with Crippen molar-refractivity contribution in [3.05, 3.63) is 18.2 Å². The summed E-state index contributed by atoms with van der Waals surface area (Å²) in [6.45, 7) is 8.39. The SMILES string of the molecule is CC(Nc1cc(S(=O)(=O)N(C)C)ccc1N)C(C)(C)C. The Bertz CT molecular complexity index is 575. The Kier molecular flexibility index (Phi) is 4.71. The van der Waals surface area contributed by atoms with Crippen LogP contribution in [0.1, 0.15) is 27.7 Å². The molecular formula is C14H25N3O2S. The summed E-state index contributed by atoms with van der Waals surface area (Å²) < 4.78 is 25.5. The van der Waals surface area contributed by atoms with Gasteiger partial charge < -0.3 is 11.1 Å². The lowest BCUT2D eigenvalue weighted by molar-refractivity contribution is 0.359. The summed E-state index contributed by atoms with van der Waals surface area (Å²) in [6, 6.07) is 4.89. The fraction of sp³-hybridized carbons (Fsp3) is 0.571. The Morgan fingerprint density at radius 2 is 1.80 bits per heavy atom. The summed E-state index contributed by atoms with van der Waals surface area (Å²) in [6.07, 6.45) is 0. The van der Waals surface area contributed by atoms with Gasteiger partial charge >= 0.3 is 0 Å². The molecule has 0 radical (unpaired) electrons. The highest BCUT2D eigenvalue weighted by atomic mass is 32.2. The first-order valence-electron chi connectivity index (χ1n) is 6.55. The number of hydrogen-bond donors (Lipinski definition) is 2. The molecule has 0 spiro atoms. The minimum Gasteiger partial charge on any atom is -0.397 e. The third kappa shape index (κ3) is 3.64. The first kappa shape index (κ1) is 16.8. The predicted octanol–water partition coefficient (Wildman–Crippen LogP) is 2.37. The number of sulfonamides is 1. The molecule has 0 amide bonds. The normalized spacial score (nSPS) is 14.3. The van der Waals surface area contributed by atoms with Crippen LogP contribution >= 0.6 is 0 Å². The van der Waals surface area contributed by atoms with E-state index in [2.05, 4.69) is 26.1 Å². The van der Waals surface area contributed by atoms with Gasteiger partial charge in [-0.25, -0.2) is 12.7 Å². The van der Waals surface area contributed by atoms with E-state index in [1.807, 2.05) is 6.92 Å². The average Bonchev–Trinajstić information content (AvgIpc) is 2.30. The second-order valence-corrected chi connectivity index (χ2v) is 8.42. The highest BCUT2D eigenvalue weighted by Gasteiger charge is 2.22. The van der Waals surface area contributed by atoms with E-state index in [9.17, 15) is 8.42 Å². The van der Waals surface area contributed by atoms with Crippen LogP contribution in [-0.4, -0.2) is 32.9 Å². The van der Waals surface area contributed by atoms with Gasteiger partial charge in [0, 0.05) is 20.1 Å². The monoisotopic (exact) mass is 299 g/mol. The lowest BCUT2D eigenvalue weighted by atomic mass is 9.88. The second-order valence-electron chi connectivity index (χ2n) is 6.27. The molecular weight excluding hydrogens is 274 g/mol. The largest absolute Gasteiger partial charge is 0.397 e. The molecule has 1 unspecified atom stereocenters. The van der Waals surface area contributed by atoms with Crippen LogP contribution in [0.5, 0.6) is 0 Å². The van der Waals surface area contributed by atoms with Crippen molar-refractivity contribution in [2.75, 3.05) is 25.1 Å². The Labute approximate surface area is 122 Å². The zero-order valence-electron chi connectivity index (χ0n) is 13.1. The minimum absolute atomic E-state index is 0.0445. The van der Waals surface area contributed by atoms with Crippen LogP contribution in [0.2, 0.25) is 0 Å². The van der Waals surface area contributed by atoms with Crippen LogP contribution in [0.15, 0.2) is 23.1 Å². The topological polar surface area (TPSA) is 75.4 Å². The van der Waals surface area contributed by atoms with Crippen molar-refractivity contribution in [1.82, 2.24) is 4.31 Å². The molecule has 1 rings (SSSR count). The average molecular weight is 299 g/mol. The number of nitrogen functional groups attached to an aromatic ring is 1. The van der Waals surface area contributed by atoms with Gasteiger partial charge in [0.2, 0.25) is 10.0 Å². The standard InChI is InChI=1S/C14H25N3O2S/c1-10(14(2,3)4)16-13-9-11(7-8-12(13)15)20(18,19)17(5)6/h7-10,16H,15H2,1-6H3. The highest BCUT2D eigenvalue weighted by molar-refractivity contribution is 7.89. The van der Waals surface area contributed by atoms with E-state index in [0.29, 0.717) is 11.4 Å². The molecule has 20 heavy (non-hydrogen) atoms. The molecule has 3 N–H and O–H groups in total. The summed E-state index contributed by atoms with van der Waals surface area (Å²) in [5.74, 6) is 0. The fourth-order valence-electron chi connectivity index (χ4n) is 1.48. The van der Waals surface area contributed by atoms with Crippen molar-refractivity contribution in [2.45, 2.75) is 38.6 Å². The number of benzene rings is 1. The molecule has 0 aliphatic heterocycles. The highest BCUT2D eigenvalue weighted by Crippen LogP contribution is 2.28. The summed E-state index contributed by atoms with van der Waals surface area (Å²) in [5.41, 5.74) is 7.16. The van der Waals surface area contributed by atoms with E-state index >= 15 is 0 Å². The van der Waals surface area contributed by atoms with Crippen molar-refractivity contribution in [1.29, 1.82) is 0 Å². The van der Waals surface area contributed by atoms with Crippen molar-refractivity contribution >= 4 is 21.4 Å². The molecule has 5 nitrogen and oxygen atoms in total. The van der Waals surface area contributed by atoms with Crippen molar-refractivity contribution in [3.63, 3.8) is 0 Å². The molecule has 0 bridgehead atoms. The van der Waals surface area contributed by atoms with E-state index in [1.165, 1.54) is 24.5 Å². The summed E-state index contributed by atoms with van der Waals surface area (Å²) in [7, 11) is -0.429. The molecule has 1 aromatic rings. The van der Waals surface area contributed by atoms with Gasteiger partial charge in [-0.05, 0) is 30.5 Å². The zero-order valence-corrected chi connectivity index (χ0v) is 13.9. The Morgan fingerprint density at radius 3 is 2.25 bits per heavy atom. The number of nitrogens with zero attached hydrogens (tertiary/aromatic N) is 1. The molecule has 0 saturated heterocycles. The van der Waals surface area contributed by atoms with Crippen LogP contribution in [0.3, 0.4) is 0 Å². The molecule has 0 aromatic heterocycles. The lowest BCUT2D eigenvalue weighted by Crippen LogP contribution is -2.31. The number of hydrogen-bond acceptors (Lipinski definition) is 4. The maximum atomic E-state index is 12.1. The maximum Gasteiger partial charge on any atom is 0.242 e. The van der Waals surface area contributed by atoms with Crippen molar-refractivity contribution in [3.8, 4) is 0 Å². The molecule has 6 heteroatoms. The molecule has 1 atom stereocenters. The molecule has 0 heterocycles. The smallest absolute Gasteiger partial charge is 0.242 e. The van der Waals surface area contributed by atoms with Crippen LogP contribution < -0.4 is 11.1 Å². The van der Waals surface area contributed by atoms with Gasteiger partial charge in [-0.3, -0.25) is 0 Å². The Balaban J connectivity index is 3.17. The first-order chi connectivity index (χ1) is 8.96. The number of rotatable bonds is 4. The van der Waals surface area contributed by atoms with Gasteiger partial charge in [0.15, 0.2) is 0 Å². The summed E-state index contributed by atoms with van der Waals surface area (Å²) in [5, 5.41) is 3.29. The van der Waals surface area contributed by atoms with E-state index in [4.69, 9.17) is 5.73 Å². The molecule has 0 saturated carbocycles. The van der Waals surface area contributed by atoms with Crippen molar-refractivity contribution in [2.24, 2.45) is 5.41 Å². The van der Waals surface area contributed by atoms with Crippen LogP contribution in [0, 0.1) is 5.41 Å². The van der Waals surface area contributed by atoms with Gasteiger partial charge in [0.05, 0.1) is 16.3 Å². The third-order valence-electron chi connectivity index (χ3n) is 3.47. The van der Waals surface area contributed by atoms with Gasteiger partial charge in [-0.1, -0.05) is 20.8 Å². The summed E-state index contributed by atoms with van der Waals surface area (Å²) >= 11 is 0. The lowest BCUT2D eigenvalue weighted by Gasteiger charge is -2.29. The van der Waals surface area contributed by atoms with E-state index < -0.39 is 10.0 Å². The Morgan fingerprint density at radius 1 is 1.25 bits per heavy atom. The molecule has 0 fully saturated rings. The van der Waals surface area contributed by atoms with Crippen molar-refractivity contribution < 1.29 is 8.42 Å². The number of nitrogens with one attached hydrogen (secondary N) is 1. The quantitative estimate of drug-likeness (QED) is 0.837. The zero-order chi connectivity index (χ0) is 15.7. The van der Waals surface area contributed by atoms with E-state index in [-0.39, 0.29) is 16.4 Å². The molecule has 0 aliphatic rings. The minimum atomic E-state index is -3.45. The first-order valence-corrected chi connectivity index (χ1v) is 7.99. The number of anilines is 2. The van der Waals surface area contributed by atoms with Crippen LogP contribution in [0.25, 0.3) is 0 Å². The maximum absolute atomic E-state index is 12.1. The fourth-order valence-corrected chi connectivity index (χ4v) is 2.41. The van der Waals surface area contributed by atoms with Gasteiger partial charge in [-0.2, -0.15) is 0 Å².